The Hall–Kier alpha value is -4.97. The SMILES string of the molecule is CC/C=C\C/C=C\C/C=C\C/C=C\C/C=C\C/C=C\C/C=C\CCCCCC(=O)OCC(COC(=O)CCCCCCC/C=C\CCC)OC(=O)CCCCCCC/C=C\C/C=C\C/C=C\C/C=C\C/C=C\CC. The van der Waals surface area contributed by atoms with Gasteiger partial charge in [-0.3, -0.25) is 14.4 Å². The first kappa shape index (κ1) is 69.0. The number of hydrogen-bond acceptors (Lipinski definition) is 6. The minimum absolute atomic E-state index is 0.108. The fraction of sp³-hybridized carbons (Fsp3) is 0.574. The van der Waals surface area contributed by atoms with Gasteiger partial charge in [0.25, 0.3) is 0 Å². The molecule has 414 valence electrons. The van der Waals surface area contributed by atoms with Crippen LogP contribution in [-0.2, 0) is 28.6 Å². The summed E-state index contributed by atoms with van der Waals surface area (Å²) in [6.07, 6.45) is 88.1. The molecule has 0 aromatic heterocycles. The molecule has 0 spiro atoms. The number of rotatable bonds is 51. The largest absolute Gasteiger partial charge is 0.462 e. The molecule has 6 nitrogen and oxygen atoms in total. The van der Waals surface area contributed by atoms with Gasteiger partial charge in [0.2, 0.25) is 0 Å². The lowest BCUT2D eigenvalue weighted by Gasteiger charge is -2.18. The molecule has 74 heavy (non-hydrogen) atoms. The monoisotopic (exact) mass is 1020 g/mol. The summed E-state index contributed by atoms with van der Waals surface area (Å²) < 4.78 is 16.8. The van der Waals surface area contributed by atoms with Gasteiger partial charge in [-0.25, -0.2) is 0 Å². The van der Waals surface area contributed by atoms with E-state index in [1.807, 2.05) is 0 Å². The van der Waals surface area contributed by atoms with E-state index >= 15 is 0 Å². The van der Waals surface area contributed by atoms with E-state index in [2.05, 4.69) is 179 Å². The van der Waals surface area contributed by atoms with Crippen LogP contribution in [0.3, 0.4) is 0 Å². The normalized spacial score (nSPS) is 13.3. The maximum absolute atomic E-state index is 12.9. The van der Waals surface area contributed by atoms with E-state index in [1.165, 1.54) is 12.8 Å². The van der Waals surface area contributed by atoms with Crippen LogP contribution in [0.15, 0.2) is 158 Å². The van der Waals surface area contributed by atoms with Gasteiger partial charge in [-0.05, 0) is 141 Å². The smallest absolute Gasteiger partial charge is 0.306 e. The maximum Gasteiger partial charge on any atom is 0.306 e. The van der Waals surface area contributed by atoms with Crippen molar-refractivity contribution in [1.29, 1.82) is 0 Å². The molecule has 0 aliphatic carbocycles. The lowest BCUT2D eigenvalue weighted by atomic mass is 10.1. The van der Waals surface area contributed by atoms with E-state index in [0.29, 0.717) is 12.8 Å². The fourth-order valence-corrected chi connectivity index (χ4v) is 7.39. The number of hydrogen-bond donors (Lipinski definition) is 0. The van der Waals surface area contributed by atoms with Crippen molar-refractivity contribution in [2.24, 2.45) is 0 Å². The van der Waals surface area contributed by atoms with Crippen LogP contribution in [0.2, 0.25) is 0 Å². The molecule has 0 bridgehead atoms. The van der Waals surface area contributed by atoms with Crippen LogP contribution in [0.5, 0.6) is 0 Å². The average Bonchev–Trinajstić information content (AvgIpc) is 3.40. The van der Waals surface area contributed by atoms with Crippen molar-refractivity contribution in [3.8, 4) is 0 Å². The third kappa shape index (κ3) is 57.9. The number of esters is 3. The van der Waals surface area contributed by atoms with Gasteiger partial charge >= 0.3 is 17.9 Å². The van der Waals surface area contributed by atoms with Crippen LogP contribution < -0.4 is 0 Å². The van der Waals surface area contributed by atoms with Crippen LogP contribution in [0.1, 0.15) is 233 Å². The van der Waals surface area contributed by atoms with Gasteiger partial charge in [0.1, 0.15) is 13.2 Å². The Bertz CT molecular complexity index is 1690. The number of unbranched alkanes of at least 4 members (excludes halogenated alkanes) is 14. The highest BCUT2D eigenvalue weighted by Gasteiger charge is 2.19. The van der Waals surface area contributed by atoms with Gasteiger partial charge in [0, 0.05) is 19.3 Å². The Balaban J connectivity index is 4.45. The van der Waals surface area contributed by atoms with Crippen LogP contribution >= 0.6 is 0 Å². The Morgan fingerprint density at radius 2 is 0.527 bits per heavy atom. The van der Waals surface area contributed by atoms with E-state index in [0.717, 1.165) is 180 Å². The Morgan fingerprint density at radius 1 is 0.284 bits per heavy atom. The molecule has 0 aliphatic rings. The molecule has 0 N–H and O–H groups in total. The van der Waals surface area contributed by atoms with Crippen molar-refractivity contribution in [3.63, 3.8) is 0 Å². The van der Waals surface area contributed by atoms with Crippen molar-refractivity contribution in [3.05, 3.63) is 158 Å². The van der Waals surface area contributed by atoms with Crippen molar-refractivity contribution in [2.75, 3.05) is 13.2 Å². The van der Waals surface area contributed by atoms with Crippen LogP contribution in [-0.4, -0.2) is 37.2 Å². The second kappa shape index (κ2) is 60.6. The topological polar surface area (TPSA) is 78.9 Å². The quantitative estimate of drug-likeness (QED) is 0.0261. The first-order chi connectivity index (χ1) is 36.5. The van der Waals surface area contributed by atoms with Crippen LogP contribution in [0, 0.1) is 0 Å². The molecule has 0 saturated heterocycles. The van der Waals surface area contributed by atoms with Crippen molar-refractivity contribution < 1.29 is 28.6 Å². The zero-order valence-corrected chi connectivity index (χ0v) is 47.3. The summed E-state index contributed by atoms with van der Waals surface area (Å²) in [6, 6.07) is 0. The Labute approximate surface area is 454 Å². The zero-order chi connectivity index (χ0) is 53.6. The van der Waals surface area contributed by atoms with E-state index < -0.39 is 6.10 Å². The standard InChI is InChI=1S/C68H106O6/c1-4-7-10-13-16-19-22-24-26-28-30-32-33-34-35-37-38-40-42-44-46-49-52-55-58-61-67(70)73-64-65(63-72-66(69)60-57-54-51-48-21-18-15-12-9-6-3)74-68(71)62-59-56-53-50-47-45-43-41-39-36-31-29-27-25-23-20-17-14-11-8-5-2/h7-8,10-12,15-17,19-20,24-27,30-32,34-36,38,40-41,43-44,46,65H,4-6,9,13-14,18,21-23,28-29,33,37,39,42,45,47-64H2,1-3H3/b10-7-,11-8-,15-12-,19-16-,20-17-,26-24-,27-25-,32-30-,35-34-,36-31-,40-38-,43-41-,46-44-. The highest BCUT2D eigenvalue weighted by Crippen LogP contribution is 2.13. The van der Waals surface area contributed by atoms with Crippen LogP contribution in [0.25, 0.3) is 0 Å². The molecule has 0 aromatic rings. The first-order valence-electron chi connectivity index (χ1n) is 29.5. The Kier molecular flexibility index (Phi) is 56.5. The number of ether oxygens (including phenoxy) is 3. The summed E-state index contributed by atoms with van der Waals surface area (Å²) in [4.78, 5) is 38.1. The summed E-state index contributed by atoms with van der Waals surface area (Å²) >= 11 is 0. The maximum atomic E-state index is 12.9. The molecule has 1 atom stereocenters. The van der Waals surface area contributed by atoms with Gasteiger partial charge in [-0.2, -0.15) is 0 Å². The highest BCUT2D eigenvalue weighted by atomic mass is 16.6. The van der Waals surface area contributed by atoms with Gasteiger partial charge < -0.3 is 14.2 Å². The van der Waals surface area contributed by atoms with Gasteiger partial charge in [-0.1, -0.05) is 230 Å². The first-order valence-corrected chi connectivity index (χ1v) is 29.5. The summed E-state index contributed by atoms with van der Waals surface area (Å²) in [7, 11) is 0. The predicted octanol–water partition coefficient (Wildman–Crippen LogP) is 20.1. The molecule has 0 rings (SSSR count). The van der Waals surface area contributed by atoms with Gasteiger partial charge in [0.15, 0.2) is 6.10 Å². The lowest BCUT2D eigenvalue weighted by molar-refractivity contribution is -0.167. The third-order valence-corrected chi connectivity index (χ3v) is 11.7. The molecule has 0 radical (unpaired) electrons. The number of carbonyl (C=O) groups excluding carboxylic acids is 3. The lowest BCUT2D eigenvalue weighted by Crippen LogP contribution is -2.30. The molecular weight excluding hydrogens is 913 g/mol. The average molecular weight is 1020 g/mol. The molecule has 0 aliphatic heterocycles. The number of carbonyl (C=O) groups is 3. The second-order valence-corrected chi connectivity index (χ2v) is 18.8. The Morgan fingerprint density at radius 3 is 0.851 bits per heavy atom. The van der Waals surface area contributed by atoms with Crippen molar-refractivity contribution in [1.82, 2.24) is 0 Å². The summed E-state index contributed by atoms with van der Waals surface area (Å²) in [5, 5.41) is 0. The molecular formula is C68H106O6. The van der Waals surface area contributed by atoms with Crippen molar-refractivity contribution in [2.45, 2.75) is 239 Å². The molecule has 0 amide bonds. The van der Waals surface area contributed by atoms with E-state index in [1.54, 1.807) is 0 Å². The third-order valence-electron chi connectivity index (χ3n) is 11.7. The van der Waals surface area contributed by atoms with Gasteiger partial charge in [0.05, 0.1) is 0 Å². The fourth-order valence-electron chi connectivity index (χ4n) is 7.39. The highest BCUT2D eigenvalue weighted by molar-refractivity contribution is 5.71. The number of allylic oxidation sites excluding steroid dienone is 26. The summed E-state index contributed by atoms with van der Waals surface area (Å²) in [5.41, 5.74) is 0. The molecule has 0 fully saturated rings. The molecule has 0 saturated carbocycles. The van der Waals surface area contributed by atoms with Gasteiger partial charge in [-0.15, -0.1) is 0 Å². The van der Waals surface area contributed by atoms with E-state index in [9.17, 15) is 14.4 Å². The van der Waals surface area contributed by atoms with E-state index in [-0.39, 0.29) is 37.5 Å². The van der Waals surface area contributed by atoms with Crippen molar-refractivity contribution >= 4 is 17.9 Å². The second-order valence-electron chi connectivity index (χ2n) is 18.8. The molecule has 6 heteroatoms. The zero-order valence-electron chi connectivity index (χ0n) is 47.3. The summed E-state index contributed by atoms with van der Waals surface area (Å²) in [5.74, 6) is -0.980. The van der Waals surface area contributed by atoms with E-state index in [4.69, 9.17) is 14.2 Å². The molecule has 0 heterocycles. The molecule has 0 aromatic carbocycles. The molecule has 1 unspecified atom stereocenters. The minimum Gasteiger partial charge on any atom is -0.462 e. The summed E-state index contributed by atoms with van der Waals surface area (Å²) in [6.45, 7) is 6.28. The van der Waals surface area contributed by atoms with Crippen LogP contribution in [0.4, 0.5) is 0 Å². The minimum atomic E-state index is -0.814. The predicted molar refractivity (Wildman–Crippen MR) is 320 cm³/mol.